The fourth-order valence-electron chi connectivity index (χ4n) is 2.08. The molecule has 2 N–H and O–H groups in total. The van der Waals surface area contributed by atoms with Crippen molar-refractivity contribution in [2.45, 2.75) is 13.5 Å². The van der Waals surface area contributed by atoms with Crippen molar-refractivity contribution < 1.29 is 19.1 Å². The summed E-state index contributed by atoms with van der Waals surface area (Å²) in [6, 6.07) is 12.5. The van der Waals surface area contributed by atoms with Crippen LogP contribution in [0.15, 0.2) is 42.5 Å². The molecule has 0 fully saturated rings. The van der Waals surface area contributed by atoms with Gasteiger partial charge in [-0.2, -0.15) is 0 Å². The van der Waals surface area contributed by atoms with E-state index >= 15 is 0 Å². The zero-order chi connectivity index (χ0) is 17.5. The zero-order valence-corrected chi connectivity index (χ0v) is 13.9. The summed E-state index contributed by atoms with van der Waals surface area (Å²) in [5, 5.41) is 5.12. The number of ether oxygens (including phenoxy) is 2. The number of nitrogens with one attached hydrogen (secondary N) is 2. The van der Waals surface area contributed by atoms with E-state index in [4.69, 9.17) is 9.47 Å². The molecule has 2 amide bonds. The summed E-state index contributed by atoms with van der Waals surface area (Å²) in [4.78, 5) is 23.8. The van der Waals surface area contributed by atoms with Gasteiger partial charge in [0.15, 0.2) is 11.5 Å². The largest absolute Gasteiger partial charge is 0.493 e. The Morgan fingerprint density at radius 2 is 1.58 bits per heavy atom. The molecule has 0 unspecified atom stereocenters. The van der Waals surface area contributed by atoms with Gasteiger partial charge in [0.1, 0.15) is 0 Å². The minimum absolute atomic E-state index is 0.209. The van der Waals surface area contributed by atoms with E-state index in [-0.39, 0.29) is 6.54 Å². The van der Waals surface area contributed by atoms with Crippen molar-refractivity contribution in [1.29, 1.82) is 0 Å². The minimum atomic E-state index is -0.709. The predicted molar refractivity (Wildman–Crippen MR) is 91.2 cm³/mol. The van der Waals surface area contributed by atoms with E-state index in [0.29, 0.717) is 17.2 Å². The average Bonchev–Trinajstić information content (AvgIpc) is 2.61. The lowest BCUT2D eigenvalue weighted by Crippen LogP contribution is -2.34. The SMILES string of the molecule is COc1ccc(CNC(=O)C(=O)Nc2ccc(C)cc2)cc1OC. The Hall–Kier alpha value is -3.02. The molecule has 6 nitrogen and oxygen atoms in total. The van der Waals surface area contributed by atoms with Crippen LogP contribution in [0.5, 0.6) is 11.5 Å². The number of carbonyl (C=O) groups is 2. The van der Waals surface area contributed by atoms with Gasteiger partial charge in [-0.25, -0.2) is 0 Å². The second-order valence-corrected chi connectivity index (χ2v) is 5.19. The van der Waals surface area contributed by atoms with Crippen molar-refractivity contribution in [3.05, 3.63) is 53.6 Å². The molecule has 0 radical (unpaired) electrons. The number of hydrogen-bond acceptors (Lipinski definition) is 4. The summed E-state index contributed by atoms with van der Waals surface area (Å²) < 4.78 is 10.4. The van der Waals surface area contributed by atoms with Crippen LogP contribution in [-0.4, -0.2) is 26.0 Å². The molecule has 0 aliphatic carbocycles. The van der Waals surface area contributed by atoms with E-state index in [1.165, 1.54) is 7.11 Å². The fourth-order valence-corrected chi connectivity index (χ4v) is 2.08. The van der Waals surface area contributed by atoms with E-state index < -0.39 is 11.8 Å². The molecule has 0 aliphatic heterocycles. The Balaban J connectivity index is 1.92. The molecule has 0 aromatic heterocycles. The molecule has 126 valence electrons. The Bertz CT molecular complexity index is 726. The summed E-state index contributed by atoms with van der Waals surface area (Å²) in [5.41, 5.74) is 2.45. The highest BCUT2D eigenvalue weighted by Crippen LogP contribution is 2.27. The van der Waals surface area contributed by atoms with Crippen LogP contribution in [0.3, 0.4) is 0 Å². The van der Waals surface area contributed by atoms with Gasteiger partial charge in [-0.15, -0.1) is 0 Å². The lowest BCUT2D eigenvalue weighted by molar-refractivity contribution is -0.136. The topological polar surface area (TPSA) is 76.7 Å². The van der Waals surface area contributed by atoms with E-state index in [1.807, 2.05) is 19.1 Å². The number of carbonyl (C=O) groups excluding carboxylic acids is 2. The van der Waals surface area contributed by atoms with Crippen LogP contribution >= 0.6 is 0 Å². The minimum Gasteiger partial charge on any atom is -0.493 e. The van der Waals surface area contributed by atoms with E-state index in [1.54, 1.807) is 37.4 Å². The Kier molecular flexibility index (Phi) is 5.78. The number of hydrogen-bond donors (Lipinski definition) is 2. The Labute approximate surface area is 140 Å². The van der Waals surface area contributed by atoms with E-state index in [9.17, 15) is 9.59 Å². The van der Waals surface area contributed by atoms with Gasteiger partial charge in [0.25, 0.3) is 0 Å². The first-order valence-electron chi connectivity index (χ1n) is 7.40. The molecule has 0 heterocycles. The maximum atomic E-state index is 11.9. The number of benzene rings is 2. The molecule has 2 aromatic carbocycles. The summed E-state index contributed by atoms with van der Waals surface area (Å²) in [7, 11) is 3.09. The van der Waals surface area contributed by atoms with Crippen LogP contribution in [-0.2, 0) is 16.1 Å². The molecule has 2 aromatic rings. The number of rotatable bonds is 5. The van der Waals surface area contributed by atoms with Crippen LogP contribution in [0.1, 0.15) is 11.1 Å². The van der Waals surface area contributed by atoms with Gasteiger partial charge in [-0.05, 0) is 36.8 Å². The summed E-state index contributed by atoms with van der Waals surface area (Å²) in [5.74, 6) is -0.247. The second-order valence-electron chi connectivity index (χ2n) is 5.19. The van der Waals surface area contributed by atoms with Crippen molar-refractivity contribution in [1.82, 2.24) is 5.32 Å². The van der Waals surface area contributed by atoms with Crippen molar-refractivity contribution in [2.24, 2.45) is 0 Å². The third kappa shape index (κ3) is 4.49. The van der Waals surface area contributed by atoms with Gasteiger partial charge in [-0.3, -0.25) is 9.59 Å². The monoisotopic (exact) mass is 328 g/mol. The summed E-state index contributed by atoms with van der Waals surface area (Å²) in [6.45, 7) is 2.15. The molecule has 0 spiro atoms. The average molecular weight is 328 g/mol. The molecule has 0 atom stereocenters. The van der Waals surface area contributed by atoms with Gasteiger partial charge in [-0.1, -0.05) is 23.8 Å². The summed E-state index contributed by atoms with van der Waals surface area (Å²) in [6.07, 6.45) is 0. The molecule has 24 heavy (non-hydrogen) atoms. The van der Waals surface area contributed by atoms with Gasteiger partial charge in [0, 0.05) is 12.2 Å². The van der Waals surface area contributed by atoms with Crippen LogP contribution in [0.4, 0.5) is 5.69 Å². The molecular weight excluding hydrogens is 308 g/mol. The third-order valence-corrected chi connectivity index (χ3v) is 3.42. The molecular formula is C18H20N2O4. The maximum Gasteiger partial charge on any atom is 0.313 e. The molecule has 0 saturated heterocycles. The maximum absolute atomic E-state index is 11.9. The molecule has 0 saturated carbocycles. The van der Waals surface area contributed by atoms with Gasteiger partial charge >= 0.3 is 11.8 Å². The number of aryl methyl sites for hydroxylation is 1. The standard InChI is InChI=1S/C18H20N2O4/c1-12-4-7-14(8-5-12)20-18(22)17(21)19-11-13-6-9-15(23-2)16(10-13)24-3/h4-10H,11H2,1-3H3,(H,19,21)(H,20,22). The van der Waals surface area contributed by atoms with Crippen molar-refractivity contribution in [3.8, 4) is 11.5 Å². The lowest BCUT2D eigenvalue weighted by Gasteiger charge is -2.10. The molecule has 6 heteroatoms. The quantitative estimate of drug-likeness (QED) is 0.826. The highest BCUT2D eigenvalue weighted by Gasteiger charge is 2.14. The van der Waals surface area contributed by atoms with Crippen molar-refractivity contribution in [3.63, 3.8) is 0 Å². The number of amides is 2. The molecule has 0 aliphatic rings. The van der Waals surface area contributed by atoms with Crippen molar-refractivity contribution >= 4 is 17.5 Å². The van der Waals surface area contributed by atoms with Crippen molar-refractivity contribution in [2.75, 3.05) is 19.5 Å². The second kappa shape index (κ2) is 8.01. The van der Waals surface area contributed by atoms with Crippen LogP contribution in [0, 0.1) is 6.92 Å². The zero-order valence-electron chi connectivity index (χ0n) is 13.9. The Morgan fingerprint density at radius 1 is 0.917 bits per heavy atom. The number of methoxy groups -OCH3 is 2. The first-order chi connectivity index (χ1) is 11.5. The normalized spacial score (nSPS) is 9.96. The smallest absolute Gasteiger partial charge is 0.313 e. The third-order valence-electron chi connectivity index (χ3n) is 3.42. The van der Waals surface area contributed by atoms with Gasteiger partial charge in [0.05, 0.1) is 14.2 Å². The van der Waals surface area contributed by atoms with Gasteiger partial charge in [0.2, 0.25) is 0 Å². The predicted octanol–water partition coefficient (Wildman–Crippen LogP) is 2.27. The lowest BCUT2D eigenvalue weighted by atomic mass is 10.2. The number of anilines is 1. The highest BCUT2D eigenvalue weighted by molar-refractivity contribution is 6.39. The van der Waals surface area contributed by atoms with Crippen LogP contribution in [0.25, 0.3) is 0 Å². The van der Waals surface area contributed by atoms with E-state index in [0.717, 1.165) is 11.1 Å². The van der Waals surface area contributed by atoms with Crippen LogP contribution < -0.4 is 20.1 Å². The van der Waals surface area contributed by atoms with Gasteiger partial charge < -0.3 is 20.1 Å². The molecule has 2 rings (SSSR count). The van der Waals surface area contributed by atoms with Crippen LogP contribution in [0.2, 0.25) is 0 Å². The first kappa shape index (κ1) is 17.3. The highest BCUT2D eigenvalue weighted by atomic mass is 16.5. The molecule has 0 bridgehead atoms. The first-order valence-corrected chi connectivity index (χ1v) is 7.40. The summed E-state index contributed by atoms with van der Waals surface area (Å²) >= 11 is 0. The fraction of sp³-hybridized carbons (Fsp3) is 0.222. The van der Waals surface area contributed by atoms with E-state index in [2.05, 4.69) is 10.6 Å². The Morgan fingerprint density at radius 3 is 2.21 bits per heavy atom.